The molecule has 1 atom stereocenters. The maximum atomic E-state index is 13.6. The SMILES string of the molecule is CCCNC(=O)[C@H](CC)N(CCc1ccccc1)C(=O)CN(c1c(C)cccc1C)S(C)(=O)=O. The first-order valence-corrected chi connectivity index (χ1v) is 13.6. The van der Waals surface area contributed by atoms with Gasteiger partial charge in [-0.3, -0.25) is 13.9 Å². The highest BCUT2D eigenvalue weighted by molar-refractivity contribution is 7.92. The number of carbonyl (C=O) groups is 2. The topological polar surface area (TPSA) is 86.8 Å². The van der Waals surface area contributed by atoms with Gasteiger partial charge in [0.2, 0.25) is 21.8 Å². The number of nitrogens with zero attached hydrogens (tertiary/aromatic N) is 2. The van der Waals surface area contributed by atoms with Crippen molar-refractivity contribution in [2.45, 2.75) is 53.0 Å². The summed E-state index contributed by atoms with van der Waals surface area (Å²) in [5.74, 6) is -0.619. The molecule has 2 aromatic rings. The van der Waals surface area contributed by atoms with E-state index in [1.807, 2.05) is 76.2 Å². The van der Waals surface area contributed by atoms with Crippen molar-refractivity contribution in [1.82, 2.24) is 10.2 Å². The van der Waals surface area contributed by atoms with Crippen LogP contribution in [-0.4, -0.2) is 57.1 Å². The molecule has 0 aromatic heterocycles. The van der Waals surface area contributed by atoms with Crippen molar-refractivity contribution >= 4 is 27.5 Å². The summed E-state index contributed by atoms with van der Waals surface area (Å²) in [6.07, 6.45) is 2.88. The van der Waals surface area contributed by atoms with Gasteiger partial charge in [-0.25, -0.2) is 8.42 Å². The van der Waals surface area contributed by atoms with E-state index in [0.717, 1.165) is 33.7 Å². The highest BCUT2D eigenvalue weighted by Crippen LogP contribution is 2.27. The van der Waals surface area contributed by atoms with Crippen LogP contribution in [-0.2, 0) is 26.0 Å². The van der Waals surface area contributed by atoms with E-state index in [-0.39, 0.29) is 12.5 Å². The molecule has 0 saturated carbocycles. The van der Waals surface area contributed by atoms with Gasteiger partial charge in [0, 0.05) is 13.1 Å². The summed E-state index contributed by atoms with van der Waals surface area (Å²) >= 11 is 0. The molecular formula is C26H37N3O4S. The van der Waals surface area contributed by atoms with Crippen LogP contribution in [0.4, 0.5) is 5.69 Å². The Bertz CT molecular complexity index is 1050. The Balaban J connectivity index is 2.40. The van der Waals surface area contributed by atoms with Crippen LogP contribution in [0.2, 0.25) is 0 Å². The molecule has 0 heterocycles. The summed E-state index contributed by atoms with van der Waals surface area (Å²) in [6, 6.07) is 14.6. The zero-order valence-corrected chi connectivity index (χ0v) is 21.7. The van der Waals surface area contributed by atoms with Gasteiger partial charge in [-0.05, 0) is 49.8 Å². The molecule has 1 N–H and O–H groups in total. The van der Waals surface area contributed by atoms with Gasteiger partial charge < -0.3 is 10.2 Å². The number of benzene rings is 2. The van der Waals surface area contributed by atoms with Crippen molar-refractivity contribution in [2.24, 2.45) is 0 Å². The molecule has 0 radical (unpaired) electrons. The van der Waals surface area contributed by atoms with Crippen molar-refractivity contribution in [3.8, 4) is 0 Å². The molecular weight excluding hydrogens is 450 g/mol. The molecule has 0 saturated heterocycles. The molecule has 0 bridgehead atoms. The Labute approximate surface area is 204 Å². The van der Waals surface area contributed by atoms with Crippen molar-refractivity contribution < 1.29 is 18.0 Å². The molecule has 0 aliphatic heterocycles. The quantitative estimate of drug-likeness (QED) is 0.497. The van der Waals surface area contributed by atoms with Crippen molar-refractivity contribution in [3.05, 3.63) is 65.2 Å². The summed E-state index contributed by atoms with van der Waals surface area (Å²) in [5, 5.41) is 2.89. The maximum absolute atomic E-state index is 13.6. The average Bonchev–Trinajstić information content (AvgIpc) is 2.79. The van der Waals surface area contributed by atoms with E-state index < -0.39 is 22.0 Å². The van der Waals surface area contributed by atoms with Gasteiger partial charge in [0.15, 0.2) is 0 Å². The van der Waals surface area contributed by atoms with Gasteiger partial charge in [0.25, 0.3) is 0 Å². The highest BCUT2D eigenvalue weighted by atomic mass is 32.2. The predicted molar refractivity (Wildman–Crippen MR) is 137 cm³/mol. The Morgan fingerprint density at radius 2 is 1.59 bits per heavy atom. The molecule has 186 valence electrons. The summed E-state index contributed by atoms with van der Waals surface area (Å²) in [4.78, 5) is 28.1. The average molecular weight is 488 g/mol. The van der Waals surface area contributed by atoms with Crippen LogP contribution in [0, 0.1) is 13.8 Å². The number of hydrogen-bond donors (Lipinski definition) is 1. The fourth-order valence-corrected chi connectivity index (χ4v) is 5.00. The zero-order chi connectivity index (χ0) is 25.3. The largest absolute Gasteiger partial charge is 0.354 e. The second-order valence-electron chi connectivity index (χ2n) is 8.55. The van der Waals surface area contributed by atoms with Crippen LogP contribution in [0.25, 0.3) is 0 Å². The normalized spacial score (nSPS) is 12.1. The van der Waals surface area contributed by atoms with E-state index in [1.54, 1.807) is 0 Å². The number of carbonyl (C=O) groups excluding carboxylic acids is 2. The number of sulfonamides is 1. The van der Waals surface area contributed by atoms with Crippen LogP contribution >= 0.6 is 0 Å². The molecule has 0 aliphatic carbocycles. The monoisotopic (exact) mass is 487 g/mol. The maximum Gasteiger partial charge on any atom is 0.244 e. The van der Waals surface area contributed by atoms with Crippen LogP contribution in [0.3, 0.4) is 0 Å². The highest BCUT2D eigenvalue weighted by Gasteiger charge is 2.32. The first-order chi connectivity index (χ1) is 16.1. The lowest BCUT2D eigenvalue weighted by Gasteiger charge is -2.33. The van der Waals surface area contributed by atoms with E-state index in [0.29, 0.717) is 31.6 Å². The lowest BCUT2D eigenvalue weighted by molar-refractivity contribution is -0.139. The summed E-state index contributed by atoms with van der Waals surface area (Å²) < 4.78 is 26.7. The third-order valence-corrected chi connectivity index (χ3v) is 6.90. The van der Waals surface area contributed by atoms with E-state index in [2.05, 4.69) is 5.32 Å². The molecule has 2 aromatic carbocycles. The molecule has 8 heteroatoms. The van der Waals surface area contributed by atoms with E-state index >= 15 is 0 Å². The smallest absolute Gasteiger partial charge is 0.244 e. The first kappa shape index (κ1) is 27.4. The standard InChI is InChI=1S/C26H37N3O4S/c1-6-17-27-26(31)23(7-2)28(18-16-22-14-9-8-10-15-22)24(30)19-29(34(5,32)33)25-20(3)12-11-13-21(25)4/h8-15,23H,6-7,16-19H2,1-5H3,(H,27,31)/t23-/m0/s1. The minimum atomic E-state index is -3.74. The number of aryl methyl sites for hydroxylation is 2. The lowest BCUT2D eigenvalue weighted by Crippen LogP contribution is -2.53. The fraction of sp³-hybridized carbons (Fsp3) is 0.462. The molecule has 2 rings (SSSR count). The number of rotatable bonds is 12. The molecule has 2 amide bonds. The predicted octanol–water partition coefficient (Wildman–Crippen LogP) is 3.45. The van der Waals surface area contributed by atoms with Gasteiger partial charge in [0.05, 0.1) is 11.9 Å². The van der Waals surface area contributed by atoms with Gasteiger partial charge in [-0.1, -0.05) is 62.4 Å². The van der Waals surface area contributed by atoms with E-state index in [9.17, 15) is 18.0 Å². The number of amides is 2. The minimum absolute atomic E-state index is 0.219. The fourth-order valence-electron chi connectivity index (χ4n) is 4.04. The molecule has 0 fully saturated rings. The number of para-hydroxylation sites is 1. The Kier molecular flexibility index (Phi) is 10.1. The number of nitrogens with one attached hydrogen (secondary N) is 1. The molecule has 34 heavy (non-hydrogen) atoms. The summed E-state index contributed by atoms with van der Waals surface area (Å²) in [6.45, 7) is 7.94. The van der Waals surface area contributed by atoms with Gasteiger partial charge in [-0.2, -0.15) is 0 Å². The third-order valence-electron chi connectivity index (χ3n) is 5.79. The van der Waals surface area contributed by atoms with E-state index in [1.165, 1.54) is 4.90 Å². The molecule has 0 spiro atoms. The van der Waals surface area contributed by atoms with Crippen molar-refractivity contribution in [3.63, 3.8) is 0 Å². The number of anilines is 1. The molecule has 0 unspecified atom stereocenters. The second-order valence-corrected chi connectivity index (χ2v) is 10.5. The lowest BCUT2D eigenvalue weighted by atomic mass is 10.1. The molecule has 7 nitrogen and oxygen atoms in total. The van der Waals surface area contributed by atoms with Crippen LogP contribution < -0.4 is 9.62 Å². The van der Waals surface area contributed by atoms with Crippen molar-refractivity contribution in [2.75, 3.05) is 30.2 Å². The van der Waals surface area contributed by atoms with Crippen LogP contribution in [0.15, 0.2) is 48.5 Å². The first-order valence-electron chi connectivity index (χ1n) is 11.7. The van der Waals surface area contributed by atoms with Gasteiger partial charge >= 0.3 is 0 Å². The number of hydrogen-bond acceptors (Lipinski definition) is 4. The third kappa shape index (κ3) is 7.32. The van der Waals surface area contributed by atoms with Gasteiger partial charge in [-0.15, -0.1) is 0 Å². The Morgan fingerprint density at radius 1 is 0.971 bits per heavy atom. The van der Waals surface area contributed by atoms with Crippen LogP contribution in [0.5, 0.6) is 0 Å². The summed E-state index contributed by atoms with van der Waals surface area (Å²) in [5.41, 5.74) is 3.08. The Hall–Kier alpha value is -2.87. The Morgan fingerprint density at radius 3 is 2.12 bits per heavy atom. The van der Waals surface area contributed by atoms with E-state index in [4.69, 9.17) is 0 Å². The van der Waals surface area contributed by atoms with Gasteiger partial charge in [0.1, 0.15) is 12.6 Å². The zero-order valence-electron chi connectivity index (χ0n) is 20.9. The molecule has 0 aliphatic rings. The van der Waals surface area contributed by atoms with Crippen LogP contribution in [0.1, 0.15) is 43.4 Å². The summed E-state index contributed by atoms with van der Waals surface area (Å²) in [7, 11) is -3.74. The second kappa shape index (κ2) is 12.6. The van der Waals surface area contributed by atoms with Crippen molar-refractivity contribution in [1.29, 1.82) is 0 Å². The minimum Gasteiger partial charge on any atom is -0.354 e.